The third kappa shape index (κ3) is 4.76. The van der Waals surface area contributed by atoms with Gasteiger partial charge in [0, 0.05) is 6.17 Å². The molecular weight excluding hydrogens is 323 g/mol. The Morgan fingerprint density at radius 3 is 2.21 bits per heavy atom. The molecule has 0 fully saturated rings. The van der Waals surface area contributed by atoms with Gasteiger partial charge in [-0.1, -0.05) is 42.9 Å². The van der Waals surface area contributed by atoms with Crippen molar-refractivity contribution in [3.05, 3.63) is 71.0 Å². The predicted molar refractivity (Wildman–Crippen MR) is 94.9 cm³/mol. The number of nitrogens with one attached hydrogen (secondary N) is 1. The van der Waals surface area contributed by atoms with E-state index < -0.39 is 14.0 Å². The van der Waals surface area contributed by atoms with E-state index >= 15 is 0 Å². The molecule has 24 heavy (non-hydrogen) atoms. The summed E-state index contributed by atoms with van der Waals surface area (Å²) in [4.78, 5) is 23.8. The van der Waals surface area contributed by atoms with E-state index in [9.17, 15) is 14.0 Å². The smallest absolute Gasteiger partial charge is 0.251 e. The van der Waals surface area contributed by atoms with Crippen LogP contribution in [0.4, 0.5) is 4.39 Å². The Morgan fingerprint density at radius 1 is 1.04 bits per heavy atom. The van der Waals surface area contributed by atoms with Crippen LogP contribution >= 0.6 is 0 Å². The van der Waals surface area contributed by atoms with E-state index in [4.69, 9.17) is 5.73 Å². The van der Waals surface area contributed by atoms with E-state index in [1.54, 1.807) is 36.4 Å². The number of rotatable bonds is 6. The summed E-state index contributed by atoms with van der Waals surface area (Å²) in [7, 11) is -1.77. The van der Waals surface area contributed by atoms with Crippen molar-refractivity contribution in [2.75, 3.05) is 6.17 Å². The summed E-state index contributed by atoms with van der Waals surface area (Å²) in [6, 6.07) is 13.8. The molecule has 2 rings (SSSR count). The third-order valence-corrected chi connectivity index (χ3v) is 6.26. The largest absolute Gasteiger partial charge is 0.366 e. The first kappa shape index (κ1) is 17.9. The van der Waals surface area contributed by atoms with Gasteiger partial charge in [-0.05, 0) is 30.3 Å². The lowest BCUT2D eigenvalue weighted by Crippen LogP contribution is -2.44. The minimum Gasteiger partial charge on any atom is -0.366 e. The number of carbonyl (C=O) groups is 2. The summed E-state index contributed by atoms with van der Waals surface area (Å²) < 4.78 is 13.0. The van der Waals surface area contributed by atoms with Gasteiger partial charge in [0.2, 0.25) is 5.91 Å². The van der Waals surface area contributed by atoms with Crippen LogP contribution in [0.3, 0.4) is 0 Å². The van der Waals surface area contributed by atoms with E-state index in [-0.39, 0.29) is 22.9 Å². The van der Waals surface area contributed by atoms with Crippen molar-refractivity contribution in [3.8, 4) is 0 Å². The van der Waals surface area contributed by atoms with Gasteiger partial charge in [-0.15, -0.1) is 0 Å². The summed E-state index contributed by atoms with van der Waals surface area (Å²) >= 11 is 0. The summed E-state index contributed by atoms with van der Waals surface area (Å²) in [6.45, 7) is 4.30. The second-order valence-corrected chi connectivity index (χ2v) is 11.6. The monoisotopic (exact) mass is 344 g/mol. The SMILES string of the molecule is C[Si](C)(CNC(=O)c1ccccc1C(N)=O)Cc1ccc(F)cc1. The first-order valence-electron chi connectivity index (χ1n) is 7.70. The Balaban J connectivity index is 2.02. The number of benzene rings is 2. The second kappa shape index (κ2) is 7.40. The highest BCUT2D eigenvalue weighted by atomic mass is 28.3. The summed E-state index contributed by atoms with van der Waals surface area (Å²) in [6.07, 6.45) is 0.552. The molecule has 126 valence electrons. The van der Waals surface area contributed by atoms with Gasteiger partial charge in [0.25, 0.3) is 5.91 Å². The average molecular weight is 344 g/mol. The molecule has 0 bridgehead atoms. The van der Waals surface area contributed by atoms with Crippen LogP contribution in [0.15, 0.2) is 48.5 Å². The normalized spacial score (nSPS) is 11.1. The van der Waals surface area contributed by atoms with Crippen LogP contribution in [0.25, 0.3) is 0 Å². The fraction of sp³-hybridized carbons (Fsp3) is 0.222. The van der Waals surface area contributed by atoms with Crippen LogP contribution in [-0.2, 0) is 6.04 Å². The maximum absolute atomic E-state index is 13.0. The van der Waals surface area contributed by atoms with Gasteiger partial charge in [-0.25, -0.2) is 4.39 Å². The average Bonchev–Trinajstić information content (AvgIpc) is 2.54. The summed E-state index contributed by atoms with van der Waals surface area (Å²) in [5.41, 5.74) is 6.87. The van der Waals surface area contributed by atoms with Gasteiger partial charge < -0.3 is 11.1 Å². The minimum absolute atomic E-state index is 0.216. The Labute approximate surface area is 141 Å². The highest BCUT2D eigenvalue weighted by molar-refractivity contribution is 6.77. The van der Waals surface area contributed by atoms with Crippen LogP contribution in [0.5, 0.6) is 0 Å². The Morgan fingerprint density at radius 2 is 1.62 bits per heavy atom. The topological polar surface area (TPSA) is 72.2 Å². The van der Waals surface area contributed by atoms with Crippen molar-refractivity contribution >= 4 is 19.9 Å². The fourth-order valence-electron chi connectivity index (χ4n) is 2.53. The number of carbonyl (C=O) groups excluding carboxylic acids is 2. The molecule has 0 unspecified atom stereocenters. The third-order valence-electron chi connectivity index (χ3n) is 3.76. The fourth-order valence-corrected chi connectivity index (χ4v) is 4.63. The zero-order chi connectivity index (χ0) is 17.7. The molecule has 0 saturated heterocycles. The molecule has 0 spiro atoms. The Hall–Kier alpha value is -2.47. The quantitative estimate of drug-likeness (QED) is 0.791. The predicted octanol–water partition coefficient (Wildman–Crippen LogP) is 2.68. The van der Waals surface area contributed by atoms with Crippen LogP contribution in [-0.4, -0.2) is 26.1 Å². The number of hydrogen-bond donors (Lipinski definition) is 2. The molecule has 3 N–H and O–H groups in total. The van der Waals surface area contributed by atoms with Crippen molar-refractivity contribution in [3.63, 3.8) is 0 Å². The number of hydrogen-bond acceptors (Lipinski definition) is 2. The maximum Gasteiger partial charge on any atom is 0.251 e. The standard InChI is InChI=1S/C18H21FN2O2Si/c1-24(2,11-13-7-9-14(19)10-8-13)12-21-18(23)16-6-4-3-5-15(16)17(20)22/h3-10H,11-12H2,1-2H3,(H2,20,22)(H,21,23). The van der Waals surface area contributed by atoms with Gasteiger partial charge in [0.05, 0.1) is 19.2 Å². The lowest BCUT2D eigenvalue weighted by atomic mass is 10.1. The van der Waals surface area contributed by atoms with Gasteiger partial charge in [-0.3, -0.25) is 9.59 Å². The molecule has 0 heterocycles. The molecule has 2 amide bonds. The first-order valence-corrected chi connectivity index (χ1v) is 11.1. The van der Waals surface area contributed by atoms with Gasteiger partial charge in [-0.2, -0.15) is 0 Å². The molecule has 2 aromatic carbocycles. The van der Waals surface area contributed by atoms with E-state index in [1.807, 2.05) is 0 Å². The molecule has 4 nitrogen and oxygen atoms in total. The van der Waals surface area contributed by atoms with E-state index in [1.165, 1.54) is 12.1 Å². The van der Waals surface area contributed by atoms with Crippen molar-refractivity contribution in [1.82, 2.24) is 5.32 Å². The molecule has 0 aliphatic rings. The molecular formula is C18H21FN2O2Si. The number of primary amides is 1. The van der Waals surface area contributed by atoms with Gasteiger partial charge in [0.1, 0.15) is 5.82 Å². The lowest BCUT2D eigenvalue weighted by molar-refractivity contribution is 0.0940. The molecule has 0 atom stereocenters. The molecule has 0 radical (unpaired) electrons. The Bertz CT molecular complexity index is 745. The molecule has 2 aromatic rings. The van der Waals surface area contributed by atoms with Crippen molar-refractivity contribution in [1.29, 1.82) is 0 Å². The lowest BCUT2D eigenvalue weighted by Gasteiger charge is -2.23. The summed E-state index contributed by atoms with van der Waals surface area (Å²) in [5.74, 6) is -1.18. The zero-order valence-electron chi connectivity index (χ0n) is 13.8. The second-order valence-electron chi connectivity index (χ2n) is 6.56. The van der Waals surface area contributed by atoms with E-state index in [2.05, 4.69) is 18.4 Å². The highest BCUT2D eigenvalue weighted by Crippen LogP contribution is 2.13. The first-order chi connectivity index (χ1) is 11.3. The Kier molecular flexibility index (Phi) is 5.51. The molecule has 0 saturated carbocycles. The maximum atomic E-state index is 13.0. The van der Waals surface area contributed by atoms with Crippen molar-refractivity contribution in [2.24, 2.45) is 5.73 Å². The van der Waals surface area contributed by atoms with E-state index in [0.717, 1.165) is 11.6 Å². The summed E-state index contributed by atoms with van der Waals surface area (Å²) in [5, 5.41) is 2.91. The number of amides is 2. The van der Waals surface area contributed by atoms with E-state index in [0.29, 0.717) is 6.17 Å². The molecule has 0 aliphatic heterocycles. The molecule has 0 aromatic heterocycles. The van der Waals surface area contributed by atoms with Crippen LogP contribution in [0.2, 0.25) is 13.1 Å². The molecule has 0 aliphatic carbocycles. The number of halogens is 1. The van der Waals surface area contributed by atoms with Crippen LogP contribution in [0, 0.1) is 5.82 Å². The number of nitrogens with two attached hydrogens (primary N) is 1. The van der Waals surface area contributed by atoms with Gasteiger partial charge >= 0.3 is 0 Å². The van der Waals surface area contributed by atoms with Crippen LogP contribution in [0.1, 0.15) is 26.3 Å². The molecule has 6 heteroatoms. The van der Waals surface area contributed by atoms with Gasteiger partial charge in [0.15, 0.2) is 0 Å². The van der Waals surface area contributed by atoms with Crippen molar-refractivity contribution in [2.45, 2.75) is 19.1 Å². The van der Waals surface area contributed by atoms with Crippen molar-refractivity contribution < 1.29 is 14.0 Å². The zero-order valence-corrected chi connectivity index (χ0v) is 14.8. The highest BCUT2D eigenvalue weighted by Gasteiger charge is 2.23. The minimum atomic E-state index is -1.77. The van der Waals surface area contributed by atoms with Crippen LogP contribution < -0.4 is 11.1 Å².